The van der Waals surface area contributed by atoms with Gasteiger partial charge in [-0.3, -0.25) is 0 Å². The molecule has 0 saturated heterocycles. The lowest BCUT2D eigenvalue weighted by atomic mass is 10.0. The molecule has 0 amide bonds. The summed E-state index contributed by atoms with van der Waals surface area (Å²) in [7, 11) is 0. The van der Waals surface area contributed by atoms with Crippen LogP contribution in [-0.2, 0) is 0 Å². The molecule has 2 nitrogen and oxygen atoms in total. The van der Waals surface area contributed by atoms with Gasteiger partial charge in [0, 0.05) is 11.6 Å². The molecule has 0 saturated carbocycles. The van der Waals surface area contributed by atoms with E-state index in [1.807, 2.05) is 0 Å². The lowest BCUT2D eigenvalue weighted by Crippen LogP contribution is -2.13. The minimum absolute atomic E-state index is 0.176. The number of halogens is 3. The van der Waals surface area contributed by atoms with E-state index in [2.05, 4.69) is 0 Å². The van der Waals surface area contributed by atoms with Crippen LogP contribution >= 0.6 is 11.6 Å². The van der Waals surface area contributed by atoms with Gasteiger partial charge in [-0.25, -0.2) is 8.78 Å². The Hall–Kier alpha value is -1.39. The molecule has 1 aromatic carbocycles. The van der Waals surface area contributed by atoms with Crippen LogP contribution < -0.4 is 5.73 Å². The number of aryl methyl sites for hydroxylation is 1. The second kappa shape index (κ2) is 4.47. The highest BCUT2D eigenvalue weighted by atomic mass is 35.5. The van der Waals surface area contributed by atoms with Gasteiger partial charge < -0.3 is 10.2 Å². The van der Waals surface area contributed by atoms with Gasteiger partial charge in [0.2, 0.25) is 0 Å². The van der Waals surface area contributed by atoms with E-state index in [4.69, 9.17) is 21.8 Å². The molecule has 0 radical (unpaired) electrons. The van der Waals surface area contributed by atoms with Crippen LogP contribution in [0, 0.1) is 18.6 Å². The molecule has 0 aliphatic carbocycles. The summed E-state index contributed by atoms with van der Waals surface area (Å²) in [6.07, 6.45) is 0. The van der Waals surface area contributed by atoms with Crippen molar-refractivity contribution in [1.29, 1.82) is 0 Å². The van der Waals surface area contributed by atoms with Crippen LogP contribution in [0.3, 0.4) is 0 Å². The molecule has 1 atom stereocenters. The summed E-state index contributed by atoms with van der Waals surface area (Å²) in [5, 5.41) is 0.176. The highest BCUT2D eigenvalue weighted by molar-refractivity contribution is 6.28. The first-order chi connectivity index (χ1) is 7.99. The summed E-state index contributed by atoms with van der Waals surface area (Å²) < 4.78 is 31.8. The van der Waals surface area contributed by atoms with Gasteiger partial charge in [0.15, 0.2) is 5.22 Å². The van der Waals surface area contributed by atoms with Crippen molar-refractivity contribution >= 4 is 11.6 Å². The molecular weight excluding hydrogens is 248 g/mol. The number of hydrogen-bond acceptors (Lipinski definition) is 2. The van der Waals surface area contributed by atoms with Crippen molar-refractivity contribution in [3.05, 3.63) is 58.0 Å². The Labute approximate surface area is 102 Å². The van der Waals surface area contributed by atoms with Gasteiger partial charge in [-0.05, 0) is 42.3 Å². The number of nitrogens with two attached hydrogens (primary N) is 1. The first-order valence-electron chi connectivity index (χ1n) is 4.95. The summed E-state index contributed by atoms with van der Waals surface area (Å²) >= 11 is 5.61. The Morgan fingerprint density at radius 1 is 1.24 bits per heavy atom. The highest BCUT2D eigenvalue weighted by Crippen LogP contribution is 2.27. The van der Waals surface area contributed by atoms with Gasteiger partial charge in [-0.15, -0.1) is 0 Å². The van der Waals surface area contributed by atoms with Crippen molar-refractivity contribution in [3.63, 3.8) is 0 Å². The molecule has 1 unspecified atom stereocenters. The summed E-state index contributed by atoms with van der Waals surface area (Å²) in [5.74, 6) is -0.969. The Morgan fingerprint density at radius 2 is 1.94 bits per heavy atom. The maximum absolute atomic E-state index is 13.6. The fourth-order valence-electron chi connectivity index (χ4n) is 1.57. The van der Waals surface area contributed by atoms with E-state index in [1.165, 1.54) is 12.1 Å². The maximum atomic E-state index is 13.6. The number of rotatable bonds is 2. The number of furan rings is 1. The minimum Gasteiger partial charge on any atom is -0.448 e. The fourth-order valence-corrected chi connectivity index (χ4v) is 1.72. The van der Waals surface area contributed by atoms with Crippen molar-refractivity contribution < 1.29 is 13.2 Å². The van der Waals surface area contributed by atoms with E-state index < -0.39 is 17.7 Å². The smallest absolute Gasteiger partial charge is 0.193 e. The average molecular weight is 258 g/mol. The third-order valence-corrected chi connectivity index (χ3v) is 2.72. The Balaban J connectivity index is 2.43. The zero-order valence-corrected chi connectivity index (χ0v) is 9.76. The molecule has 0 aliphatic heterocycles. The van der Waals surface area contributed by atoms with Crippen LogP contribution in [0.5, 0.6) is 0 Å². The summed E-state index contributed by atoms with van der Waals surface area (Å²) in [5.41, 5.74) is 6.34. The van der Waals surface area contributed by atoms with Gasteiger partial charge in [-0.2, -0.15) is 0 Å². The lowest BCUT2D eigenvalue weighted by Gasteiger charge is -2.11. The van der Waals surface area contributed by atoms with E-state index in [1.54, 1.807) is 13.0 Å². The van der Waals surface area contributed by atoms with Crippen LogP contribution in [0.2, 0.25) is 5.22 Å². The Morgan fingerprint density at radius 3 is 2.53 bits per heavy atom. The van der Waals surface area contributed by atoms with Crippen molar-refractivity contribution in [1.82, 2.24) is 0 Å². The largest absolute Gasteiger partial charge is 0.448 e. The van der Waals surface area contributed by atoms with Crippen LogP contribution in [0.15, 0.2) is 28.7 Å². The Kier molecular flexibility index (Phi) is 3.17. The van der Waals surface area contributed by atoms with E-state index in [0.717, 1.165) is 6.07 Å². The fraction of sp³-hybridized carbons (Fsp3) is 0.167. The van der Waals surface area contributed by atoms with Crippen LogP contribution in [0.1, 0.15) is 22.9 Å². The molecule has 1 aromatic heterocycles. The van der Waals surface area contributed by atoms with E-state index in [-0.39, 0.29) is 10.8 Å². The molecule has 17 heavy (non-hydrogen) atoms. The lowest BCUT2D eigenvalue weighted by molar-refractivity contribution is 0.479. The van der Waals surface area contributed by atoms with Crippen LogP contribution in [0.25, 0.3) is 0 Å². The summed E-state index contributed by atoms with van der Waals surface area (Å²) in [6.45, 7) is 1.54. The van der Waals surface area contributed by atoms with Crippen molar-refractivity contribution in [2.24, 2.45) is 5.73 Å². The second-order valence-corrected chi connectivity index (χ2v) is 4.11. The highest BCUT2D eigenvalue weighted by Gasteiger charge is 2.18. The van der Waals surface area contributed by atoms with Crippen molar-refractivity contribution in [2.75, 3.05) is 0 Å². The van der Waals surface area contributed by atoms with Crippen LogP contribution in [0.4, 0.5) is 8.78 Å². The predicted octanol–water partition coefficient (Wildman–Crippen LogP) is 3.57. The predicted molar refractivity (Wildman–Crippen MR) is 60.8 cm³/mol. The van der Waals surface area contributed by atoms with Crippen molar-refractivity contribution in [3.8, 4) is 0 Å². The topological polar surface area (TPSA) is 39.2 Å². The molecular formula is C12H10ClF2NO. The summed E-state index contributed by atoms with van der Waals surface area (Å²) in [4.78, 5) is 0. The molecule has 1 heterocycles. The SMILES string of the molecule is Cc1cc(C(N)c2ccc(Cl)o2)c(F)cc1F. The maximum Gasteiger partial charge on any atom is 0.193 e. The zero-order chi connectivity index (χ0) is 12.6. The molecule has 2 aromatic rings. The molecule has 2 N–H and O–H groups in total. The van der Waals surface area contributed by atoms with Gasteiger partial charge in [-0.1, -0.05) is 0 Å². The molecule has 0 bridgehead atoms. The Bertz CT molecular complexity index is 553. The molecule has 0 fully saturated rings. The van der Waals surface area contributed by atoms with Gasteiger partial charge in [0.25, 0.3) is 0 Å². The van der Waals surface area contributed by atoms with E-state index >= 15 is 0 Å². The number of benzene rings is 1. The molecule has 5 heteroatoms. The normalized spacial score (nSPS) is 12.8. The van der Waals surface area contributed by atoms with E-state index in [0.29, 0.717) is 11.3 Å². The molecule has 0 aliphatic rings. The van der Waals surface area contributed by atoms with E-state index in [9.17, 15) is 8.78 Å². The molecule has 2 rings (SSSR count). The second-order valence-electron chi connectivity index (χ2n) is 3.74. The quantitative estimate of drug-likeness (QED) is 0.893. The van der Waals surface area contributed by atoms with Gasteiger partial charge in [0.1, 0.15) is 17.4 Å². The molecule has 90 valence electrons. The molecule has 0 spiro atoms. The number of hydrogen-bond donors (Lipinski definition) is 1. The first kappa shape index (κ1) is 12.1. The monoisotopic (exact) mass is 257 g/mol. The van der Waals surface area contributed by atoms with Gasteiger partial charge >= 0.3 is 0 Å². The third-order valence-electron chi connectivity index (χ3n) is 2.51. The minimum atomic E-state index is -0.804. The third kappa shape index (κ3) is 2.33. The van der Waals surface area contributed by atoms with Gasteiger partial charge in [0.05, 0.1) is 6.04 Å². The zero-order valence-electron chi connectivity index (χ0n) is 9.01. The van der Waals surface area contributed by atoms with Crippen molar-refractivity contribution in [2.45, 2.75) is 13.0 Å². The average Bonchev–Trinajstić information content (AvgIpc) is 2.69. The van der Waals surface area contributed by atoms with Crippen LogP contribution in [-0.4, -0.2) is 0 Å². The first-order valence-corrected chi connectivity index (χ1v) is 5.33. The summed E-state index contributed by atoms with van der Waals surface area (Å²) in [6, 6.07) is 4.46. The standard InChI is InChI=1S/C12H10ClF2NO/c1-6-4-7(9(15)5-8(6)14)12(16)10-2-3-11(13)17-10/h2-5,12H,16H2,1H3.